The average Bonchev–Trinajstić information content (AvgIpc) is 3.22. The Hall–Kier alpha value is -3.24. The van der Waals surface area contributed by atoms with Crippen molar-refractivity contribution in [2.75, 3.05) is 19.2 Å². The second-order valence-electron chi connectivity index (χ2n) is 6.95. The van der Waals surface area contributed by atoms with Crippen LogP contribution in [0.3, 0.4) is 0 Å². The van der Waals surface area contributed by atoms with E-state index in [9.17, 15) is 0 Å². The number of hydrogen-bond acceptors (Lipinski definition) is 4. The van der Waals surface area contributed by atoms with Crippen molar-refractivity contribution in [2.24, 2.45) is 5.10 Å². The van der Waals surface area contributed by atoms with Gasteiger partial charge in [0.1, 0.15) is 11.5 Å². The number of benzene rings is 3. The quantitative estimate of drug-likeness (QED) is 0.466. The van der Waals surface area contributed by atoms with Gasteiger partial charge in [0.25, 0.3) is 0 Å². The molecule has 1 atom stereocenters. The van der Waals surface area contributed by atoms with Crippen LogP contribution in [0.5, 0.6) is 11.5 Å². The summed E-state index contributed by atoms with van der Waals surface area (Å²) < 4.78 is 11.1. The number of ether oxygens (including phenoxy) is 2. The highest BCUT2D eigenvalue weighted by Gasteiger charge is 2.30. The van der Waals surface area contributed by atoms with Gasteiger partial charge in [0, 0.05) is 22.6 Å². The second-order valence-corrected chi connectivity index (χ2v) is 7.39. The van der Waals surface area contributed by atoms with Crippen LogP contribution in [0.1, 0.15) is 23.6 Å². The molecule has 0 saturated heterocycles. The first kappa shape index (κ1) is 20.0. The monoisotopic (exact) mass is 418 g/mol. The summed E-state index contributed by atoms with van der Waals surface area (Å²) >= 11 is 6.10. The highest BCUT2D eigenvalue weighted by molar-refractivity contribution is 6.30. The van der Waals surface area contributed by atoms with E-state index in [0.717, 1.165) is 40.4 Å². The standard InChI is InChI=1S/C25H23ClN2O2/c1-29-24-9-5-3-7-18(24)11-14-20-17-23(22-8-4-6-10-25(22)30-2)28(27-20)21-15-12-19(26)13-16-21/h3-16,23H,17H2,1-2H3/b14-11+/t23-/m1/s1. The van der Waals surface area contributed by atoms with Gasteiger partial charge in [-0.2, -0.15) is 5.10 Å². The summed E-state index contributed by atoms with van der Waals surface area (Å²) in [5, 5.41) is 7.65. The van der Waals surface area contributed by atoms with E-state index >= 15 is 0 Å². The van der Waals surface area contributed by atoms with Crippen LogP contribution < -0.4 is 14.5 Å². The van der Waals surface area contributed by atoms with E-state index in [-0.39, 0.29) is 6.04 Å². The lowest BCUT2D eigenvalue weighted by molar-refractivity contribution is 0.405. The van der Waals surface area contributed by atoms with Crippen LogP contribution in [0.25, 0.3) is 6.08 Å². The minimum Gasteiger partial charge on any atom is -0.496 e. The molecule has 3 aromatic carbocycles. The lowest BCUT2D eigenvalue weighted by atomic mass is 9.99. The summed E-state index contributed by atoms with van der Waals surface area (Å²) in [5.41, 5.74) is 4.07. The molecule has 1 aliphatic heterocycles. The van der Waals surface area contributed by atoms with Gasteiger partial charge >= 0.3 is 0 Å². The van der Waals surface area contributed by atoms with Gasteiger partial charge in [0.05, 0.1) is 31.7 Å². The van der Waals surface area contributed by atoms with Crippen molar-refractivity contribution < 1.29 is 9.47 Å². The Morgan fingerprint density at radius 1 is 0.867 bits per heavy atom. The summed E-state index contributed by atoms with van der Waals surface area (Å²) in [6.07, 6.45) is 4.85. The smallest absolute Gasteiger partial charge is 0.126 e. The molecule has 4 rings (SSSR count). The van der Waals surface area contributed by atoms with E-state index in [1.165, 1.54) is 0 Å². The zero-order valence-electron chi connectivity index (χ0n) is 17.0. The summed E-state index contributed by atoms with van der Waals surface area (Å²) in [6.45, 7) is 0. The molecular weight excluding hydrogens is 396 g/mol. The van der Waals surface area contributed by atoms with Gasteiger partial charge in [-0.1, -0.05) is 48.0 Å². The fourth-order valence-electron chi connectivity index (χ4n) is 3.64. The van der Waals surface area contributed by atoms with Gasteiger partial charge in [-0.25, -0.2) is 0 Å². The Kier molecular flexibility index (Phi) is 6.05. The highest BCUT2D eigenvalue weighted by atomic mass is 35.5. The third-order valence-electron chi connectivity index (χ3n) is 5.12. The molecule has 5 heteroatoms. The zero-order valence-corrected chi connectivity index (χ0v) is 17.7. The number of anilines is 1. The fourth-order valence-corrected chi connectivity index (χ4v) is 3.77. The van der Waals surface area contributed by atoms with Crippen LogP contribution >= 0.6 is 11.6 Å². The van der Waals surface area contributed by atoms with Crippen molar-refractivity contribution in [3.05, 3.63) is 95.0 Å². The molecule has 0 N–H and O–H groups in total. The predicted octanol–water partition coefficient (Wildman–Crippen LogP) is 6.38. The van der Waals surface area contributed by atoms with Crippen LogP contribution in [0.4, 0.5) is 5.69 Å². The van der Waals surface area contributed by atoms with Gasteiger partial charge in [-0.15, -0.1) is 0 Å². The Balaban J connectivity index is 1.69. The number of methoxy groups -OCH3 is 2. The number of halogens is 1. The van der Waals surface area contributed by atoms with Gasteiger partial charge < -0.3 is 9.47 Å². The highest BCUT2D eigenvalue weighted by Crippen LogP contribution is 2.39. The maximum atomic E-state index is 6.10. The van der Waals surface area contributed by atoms with E-state index in [1.807, 2.05) is 77.8 Å². The summed E-state index contributed by atoms with van der Waals surface area (Å²) in [6, 6.07) is 23.8. The van der Waals surface area contributed by atoms with Crippen LogP contribution in [0.15, 0.2) is 84.0 Å². The first-order valence-corrected chi connectivity index (χ1v) is 10.1. The topological polar surface area (TPSA) is 34.1 Å². The Morgan fingerprint density at radius 2 is 1.53 bits per heavy atom. The molecule has 30 heavy (non-hydrogen) atoms. The Bertz CT molecular complexity index is 1080. The minimum atomic E-state index is 0.0274. The van der Waals surface area contributed by atoms with Gasteiger partial charge in [-0.05, 0) is 48.6 Å². The van der Waals surface area contributed by atoms with E-state index < -0.39 is 0 Å². The molecule has 0 spiro atoms. The van der Waals surface area contributed by atoms with Gasteiger partial charge in [0.15, 0.2) is 0 Å². The van der Waals surface area contributed by atoms with E-state index in [1.54, 1.807) is 14.2 Å². The van der Waals surface area contributed by atoms with Crippen molar-refractivity contribution in [3.63, 3.8) is 0 Å². The molecule has 0 bridgehead atoms. The zero-order chi connectivity index (χ0) is 20.9. The van der Waals surface area contributed by atoms with Crippen molar-refractivity contribution in [3.8, 4) is 11.5 Å². The summed E-state index contributed by atoms with van der Waals surface area (Å²) in [4.78, 5) is 0. The van der Waals surface area contributed by atoms with Crippen molar-refractivity contribution in [2.45, 2.75) is 12.5 Å². The number of allylic oxidation sites excluding steroid dienone is 1. The molecule has 0 unspecified atom stereocenters. The molecule has 1 aliphatic rings. The predicted molar refractivity (Wildman–Crippen MR) is 124 cm³/mol. The van der Waals surface area contributed by atoms with E-state index in [2.05, 4.69) is 12.1 Å². The third-order valence-corrected chi connectivity index (χ3v) is 5.37. The third kappa shape index (κ3) is 4.19. The first-order valence-electron chi connectivity index (χ1n) is 9.76. The lowest BCUT2D eigenvalue weighted by Crippen LogP contribution is -2.19. The molecule has 0 saturated carbocycles. The van der Waals surface area contributed by atoms with Gasteiger partial charge in [0.2, 0.25) is 0 Å². The second kappa shape index (κ2) is 9.06. The summed E-state index contributed by atoms with van der Waals surface area (Å²) in [5.74, 6) is 1.69. The van der Waals surface area contributed by atoms with Crippen molar-refractivity contribution in [1.29, 1.82) is 0 Å². The molecular formula is C25H23ClN2O2. The summed E-state index contributed by atoms with van der Waals surface area (Å²) in [7, 11) is 3.38. The van der Waals surface area contributed by atoms with Crippen LogP contribution in [-0.2, 0) is 0 Å². The maximum Gasteiger partial charge on any atom is 0.126 e. The number of nitrogens with zero attached hydrogens (tertiary/aromatic N) is 2. The SMILES string of the molecule is COc1ccccc1/C=C/C1=NN(c2ccc(Cl)cc2)[C@@H](c2ccccc2OC)C1. The largest absolute Gasteiger partial charge is 0.496 e. The van der Waals surface area contributed by atoms with Gasteiger partial charge in [-0.3, -0.25) is 5.01 Å². The van der Waals surface area contributed by atoms with Crippen LogP contribution in [0, 0.1) is 0 Å². The first-order chi connectivity index (χ1) is 14.7. The molecule has 1 heterocycles. The van der Waals surface area contributed by atoms with Crippen LogP contribution in [0.2, 0.25) is 5.02 Å². The van der Waals surface area contributed by atoms with Crippen LogP contribution in [-0.4, -0.2) is 19.9 Å². The maximum absolute atomic E-state index is 6.10. The lowest BCUT2D eigenvalue weighted by Gasteiger charge is -2.25. The molecule has 152 valence electrons. The number of rotatable bonds is 6. The Labute approximate surface area is 182 Å². The van der Waals surface area contributed by atoms with Crippen molar-refractivity contribution in [1.82, 2.24) is 0 Å². The molecule has 0 aliphatic carbocycles. The number of hydrogen-bond donors (Lipinski definition) is 0. The molecule has 3 aromatic rings. The number of para-hydroxylation sites is 2. The Morgan fingerprint density at radius 3 is 2.27 bits per heavy atom. The average molecular weight is 419 g/mol. The number of hydrazone groups is 1. The van der Waals surface area contributed by atoms with E-state index in [0.29, 0.717) is 5.02 Å². The van der Waals surface area contributed by atoms with E-state index in [4.69, 9.17) is 26.2 Å². The minimum absolute atomic E-state index is 0.0274. The molecule has 0 fully saturated rings. The normalized spacial score (nSPS) is 16.0. The molecule has 0 radical (unpaired) electrons. The fraction of sp³-hybridized carbons (Fsp3) is 0.160. The molecule has 4 nitrogen and oxygen atoms in total. The van der Waals surface area contributed by atoms with Crippen molar-refractivity contribution >= 4 is 29.1 Å². The molecule has 0 amide bonds. The molecule has 0 aromatic heterocycles.